The number of rotatable bonds is 17. The number of carbonyl (C=O) groups is 1. The van der Waals surface area contributed by atoms with E-state index in [1.165, 1.54) is 13.0 Å². The Hall–Kier alpha value is -2.11. The van der Waals surface area contributed by atoms with Crippen molar-refractivity contribution in [2.45, 2.75) is 101 Å². The normalized spacial score (nSPS) is 14.8. The molecule has 2 N–H and O–H groups in total. The molecule has 0 aliphatic heterocycles. The Morgan fingerprint density at radius 2 is 1.43 bits per heavy atom. The number of nitrogens with zero attached hydrogens (tertiary/aromatic N) is 1. The van der Waals surface area contributed by atoms with Gasteiger partial charge in [-0.05, 0) is 50.8 Å². The maximum Gasteiger partial charge on any atom is 0.453 e. The summed E-state index contributed by atoms with van der Waals surface area (Å²) in [5.74, 6) is -5.59. The van der Waals surface area contributed by atoms with Gasteiger partial charge >= 0.3 is 18.3 Å². The van der Waals surface area contributed by atoms with Gasteiger partial charge in [-0.15, -0.1) is 0 Å². The number of halogens is 8. The van der Waals surface area contributed by atoms with Crippen LogP contribution < -0.4 is 5.32 Å². The van der Waals surface area contributed by atoms with E-state index in [2.05, 4.69) is 5.32 Å². The molecule has 0 heterocycles. The summed E-state index contributed by atoms with van der Waals surface area (Å²) in [6, 6.07) is 4.18. The topological polar surface area (TPSA) is 96.2 Å². The van der Waals surface area contributed by atoms with Crippen LogP contribution in [-0.2, 0) is 22.1 Å². The lowest BCUT2D eigenvalue weighted by Crippen LogP contribution is -2.40. The van der Waals surface area contributed by atoms with Gasteiger partial charge in [-0.25, -0.2) is 0 Å². The van der Waals surface area contributed by atoms with Crippen LogP contribution in [-0.4, -0.2) is 44.8 Å². The highest BCUT2D eigenvalue weighted by atomic mass is 32.2. The third-order valence-corrected chi connectivity index (χ3v) is 7.74. The Labute approximate surface area is 231 Å². The maximum absolute atomic E-state index is 13.1. The minimum absolute atomic E-state index is 0.0853. The molecule has 14 heteroatoms. The van der Waals surface area contributed by atoms with Crippen LogP contribution in [0.1, 0.15) is 88.7 Å². The number of nitriles is 1. The van der Waals surface area contributed by atoms with Gasteiger partial charge in [-0.3, -0.25) is 4.79 Å². The number of alkyl halides is 8. The maximum atomic E-state index is 13.1. The lowest BCUT2D eigenvalue weighted by molar-refractivity contribution is -0.284. The van der Waals surface area contributed by atoms with Crippen molar-refractivity contribution in [3.05, 3.63) is 29.3 Å². The number of benzene rings is 1. The SMILES string of the molecule is C[C@](O)(CCCCCCCCCC[S+]([O-])CCCC(F)(F)C(F)(F)F)C(=O)Nc1ccc(C#N)c(C(F)(F)F)c1. The second kappa shape index (κ2) is 15.8. The van der Waals surface area contributed by atoms with Crippen LogP contribution in [0.5, 0.6) is 0 Å². The summed E-state index contributed by atoms with van der Waals surface area (Å²) in [5.41, 5.74) is -3.78. The summed E-state index contributed by atoms with van der Waals surface area (Å²) < 4.78 is 113. The summed E-state index contributed by atoms with van der Waals surface area (Å²) >= 11 is -1.45. The number of amides is 1. The molecule has 228 valence electrons. The molecule has 0 saturated heterocycles. The molecule has 0 saturated carbocycles. The van der Waals surface area contributed by atoms with Crippen molar-refractivity contribution >= 4 is 22.8 Å². The Morgan fingerprint density at radius 1 is 0.900 bits per heavy atom. The van der Waals surface area contributed by atoms with Crippen LogP contribution in [0.3, 0.4) is 0 Å². The van der Waals surface area contributed by atoms with Crippen LogP contribution >= 0.6 is 0 Å². The van der Waals surface area contributed by atoms with E-state index < -0.39 is 64.9 Å². The Bertz CT molecular complexity index is 978. The highest BCUT2D eigenvalue weighted by molar-refractivity contribution is 7.91. The third kappa shape index (κ3) is 12.6. The van der Waals surface area contributed by atoms with E-state index in [1.54, 1.807) is 0 Å². The summed E-state index contributed by atoms with van der Waals surface area (Å²) in [7, 11) is 0. The molecule has 0 fully saturated rings. The quantitative estimate of drug-likeness (QED) is 0.109. The van der Waals surface area contributed by atoms with Gasteiger partial charge in [-0.1, -0.05) is 49.7 Å². The van der Waals surface area contributed by atoms with Gasteiger partial charge in [0.1, 0.15) is 17.1 Å². The van der Waals surface area contributed by atoms with Gasteiger partial charge in [0.05, 0.1) is 17.2 Å². The zero-order valence-electron chi connectivity index (χ0n) is 22.1. The Balaban J connectivity index is 2.21. The smallest absolute Gasteiger partial charge is 0.453 e. The van der Waals surface area contributed by atoms with E-state index in [9.17, 15) is 49.6 Å². The number of carbonyl (C=O) groups excluding carboxylic acids is 1. The summed E-state index contributed by atoms with van der Waals surface area (Å²) in [6.45, 7) is 1.27. The average Bonchev–Trinajstić information content (AvgIpc) is 2.83. The van der Waals surface area contributed by atoms with Crippen molar-refractivity contribution in [1.29, 1.82) is 5.26 Å². The second-order valence-corrected chi connectivity index (χ2v) is 11.5. The molecule has 1 aromatic rings. The lowest BCUT2D eigenvalue weighted by atomic mass is 9.96. The fourth-order valence-electron chi connectivity index (χ4n) is 3.83. The van der Waals surface area contributed by atoms with E-state index in [4.69, 9.17) is 5.26 Å². The van der Waals surface area contributed by atoms with Crippen molar-refractivity contribution in [1.82, 2.24) is 0 Å². The van der Waals surface area contributed by atoms with Crippen LogP contribution in [0.25, 0.3) is 0 Å². The molecule has 5 nitrogen and oxygen atoms in total. The molecule has 0 bridgehead atoms. The summed E-state index contributed by atoms with van der Waals surface area (Å²) in [6.07, 6.45) is -6.27. The molecule has 0 radical (unpaired) electrons. The number of aliphatic hydroxyl groups is 1. The Kier molecular flexibility index (Phi) is 14.2. The van der Waals surface area contributed by atoms with E-state index >= 15 is 0 Å². The molecule has 1 unspecified atom stereocenters. The predicted molar refractivity (Wildman–Crippen MR) is 135 cm³/mol. The first kappa shape index (κ1) is 35.9. The number of hydrogen-bond acceptors (Lipinski definition) is 4. The van der Waals surface area contributed by atoms with Crippen molar-refractivity contribution in [3.8, 4) is 6.07 Å². The van der Waals surface area contributed by atoms with E-state index in [1.807, 2.05) is 0 Å². The number of hydrogen-bond donors (Lipinski definition) is 2. The lowest BCUT2D eigenvalue weighted by Gasteiger charge is -2.22. The molecule has 0 spiro atoms. The fraction of sp³-hybridized carbons (Fsp3) is 0.692. The van der Waals surface area contributed by atoms with Crippen molar-refractivity contribution in [2.24, 2.45) is 0 Å². The fourth-order valence-corrected chi connectivity index (χ4v) is 5.02. The van der Waals surface area contributed by atoms with E-state index in [-0.39, 0.29) is 23.6 Å². The van der Waals surface area contributed by atoms with Crippen LogP contribution in [0.15, 0.2) is 18.2 Å². The number of anilines is 1. The monoisotopic (exact) mass is 606 g/mol. The average molecular weight is 607 g/mol. The molecule has 0 aliphatic rings. The first-order chi connectivity index (χ1) is 18.4. The van der Waals surface area contributed by atoms with Crippen molar-refractivity contribution in [3.63, 3.8) is 0 Å². The zero-order chi connectivity index (χ0) is 30.6. The van der Waals surface area contributed by atoms with Gasteiger partial charge in [0.25, 0.3) is 5.91 Å². The van der Waals surface area contributed by atoms with Gasteiger partial charge < -0.3 is 15.0 Å². The first-order valence-corrected chi connectivity index (χ1v) is 14.3. The highest BCUT2D eigenvalue weighted by Gasteiger charge is 2.56. The number of unbranched alkanes of at least 4 members (excludes halogenated alkanes) is 7. The van der Waals surface area contributed by atoms with Gasteiger partial charge in [0, 0.05) is 12.1 Å². The molecule has 1 amide bonds. The molecule has 1 aromatic carbocycles. The van der Waals surface area contributed by atoms with Gasteiger partial charge in [-0.2, -0.15) is 40.4 Å². The van der Waals surface area contributed by atoms with Crippen molar-refractivity contribution < 1.29 is 49.6 Å². The zero-order valence-corrected chi connectivity index (χ0v) is 22.9. The summed E-state index contributed by atoms with van der Waals surface area (Å²) in [5, 5.41) is 21.6. The molecule has 0 aromatic heterocycles. The minimum Gasteiger partial charge on any atom is -0.616 e. The van der Waals surface area contributed by atoms with Crippen molar-refractivity contribution in [2.75, 3.05) is 16.8 Å². The molecule has 2 atom stereocenters. The standard InChI is InChI=1S/C26H34F8N2O3S/c1-23(38,22(37)36-20-12-11-19(18-35)21(17-20)25(29,30)31)13-8-6-4-2-3-5-7-9-15-40(39)16-10-14-24(27,28)26(32,33)34/h11-12,17,38H,2-10,13-16H2,1H3,(H,36,37)/t23-,40?/m0/s1. The molecular formula is C26H34F8N2O3S. The molecular weight excluding hydrogens is 572 g/mol. The number of nitrogens with one attached hydrogen (secondary N) is 1. The molecule has 1 rings (SSSR count). The van der Waals surface area contributed by atoms with Crippen LogP contribution in [0.2, 0.25) is 0 Å². The molecule has 40 heavy (non-hydrogen) atoms. The highest BCUT2D eigenvalue weighted by Crippen LogP contribution is 2.39. The summed E-state index contributed by atoms with van der Waals surface area (Å²) in [4.78, 5) is 12.4. The van der Waals surface area contributed by atoms with E-state index in [0.717, 1.165) is 44.2 Å². The molecule has 0 aliphatic carbocycles. The van der Waals surface area contributed by atoms with Gasteiger partial charge in [0.2, 0.25) is 0 Å². The minimum atomic E-state index is -5.60. The largest absolute Gasteiger partial charge is 0.616 e. The first-order valence-electron chi connectivity index (χ1n) is 12.9. The van der Waals surface area contributed by atoms with Crippen LogP contribution in [0.4, 0.5) is 40.8 Å². The Morgan fingerprint density at radius 3 is 1.95 bits per heavy atom. The second-order valence-electron chi connectivity index (χ2n) is 9.83. The van der Waals surface area contributed by atoms with E-state index in [0.29, 0.717) is 25.3 Å². The van der Waals surface area contributed by atoms with Crippen LogP contribution in [0, 0.1) is 11.3 Å². The third-order valence-electron chi connectivity index (χ3n) is 6.26. The van der Waals surface area contributed by atoms with Gasteiger partial charge in [0.15, 0.2) is 0 Å². The predicted octanol–water partition coefficient (Wildman–Crippen LogP) is 7.50.